The van der Waals surface area contributed by atoms with Crippen LogP contribution < -0.4 is 10.5 Å². The van der Waals surface area contributed by atoms with E-state index in [4.69, 9.17) is 10.5 Å². The Kier molecular flexibility index (Phi) is 5.25. The normalized spacial score (nSPS) is 12.8. The molecule has 2 N–H and O–H groups in total. The van der Waals surface area contributed by atoms with Crippen LogP contribution in [0.3, 0.4) is 0 Å². The molecule has 0 radical (unpaired) electrons. The van der Waals surface area contributed by atoms with Crippen molar-refractivity contribution >= 4 is 21.6 Å². The SMILES string of the molecule is CC(C)CC(C)COc1c(N)cc(F)cc1Br. The van der Waals surface area contributed by atoms with Crippen molar-refractivity contribution in [2.24, 2.45) is 11.8 Å². The molecule has 96 valence electrons. The van der Waals surface area contributed by atoms with Crippen molar-refractivity contribution in [2.75, 3.05) is 12.3 Å². The van der Waals surface area contributed by atoms with E-state index in [1.54, 1.807) is 0 Å². The van der Waals surface area contributed by atoms with Crippen LogP contribution in [0.5, 0.6) is 5.75 Å². The lowest BCUT2D eigenvalue weighted by molar-refractivity contribution is 0.238. The Morgan fingerprint density at radius 3 is 2.53 bits per heavy atom. The molecule has 0 heterocycles. The van der Waals surface area contributed by atoms with E-state index in [0.717, 1.165) is 6.42 Å². The molecular formula is C13H19BrFNO. The zero-order valence-corrected chi connectivity index (χ0v) is 12.1. The van der Waals surface area contributed by atoms with Gasteiger partial charge < -0.3 is 10.5 Å². The fourth-order valence-corrected chi connectivity index (χ4v) is 2.39. The second kappa shape index (κ2) is 6.24. The first-order valence-corrected chi connectivity index (χ1v) is 6.56. The third kappa shape index (κ3) is 4.54. The van der Waals surface area contributed by atoms with Gasteiger partial charge in [-0.15, -0.1) is 0 Å². The molecule has 0 bridgehead atoms. The van der Waals surface area contributed by atoms with Crippen molar-refractivity contribution < 1.29 is 9.13 Å². The molecular weight excluding hydrogens is 285 g/mol. The molecule has 17 heavy (non-hydrogen) atoms. The number of hydrogen-bond acceptors (Lipinski definition) is 2. The number of rotatable bonds is 5. The molecule has 0 aliphatic heterocycles. The number of benzene rings is 1. The molecule has 1 aromatic carbocycles. The molecule has 1 unspecified atom stereocenters. The van der Waals surface area contributed by atoms with Crippen LogP contribution in [-0.4, -0.2) is 6.61 Å². The van der Waals surface area contributed by atoms with E-state index in [2.05, 4.69) is 36.7 Å². The van der Waals surface area contributed by atoms with Gasteiger partial charge in [0.25, 0.3) is 0 Å². The highest BCUT2D eigenvalue weighted by atomic mass is 79.9. The van der Waals surface area contributed by atoms with Crippen molar-refractivity contribution in [3.8, 4) is 5.75 Å². The highest BCUT2D eigenvalue weighted by Crippen LogP contribution is 2.32. The smallest absolute Gasteiger partial charge is 0.156 e. The molecule has 1 rings (SSSR count). The van der Waals surface area contributed by atoms with E-state index < -0.39 is 0 Å². The Bertz CT molecular complexity index is 359. The standard InChI is InChI=1S/C13H19BrFNO/c1-8(2)4-9(3)7-17-13-11(14)5-10(15)6-12(13)16/h5-6,8-9H,4,7,16H2,1-3H3. The van der Waals surface area contributed by atoms with E-state index in [1.165, 1.54) is 12.1 Å². The molecule has 0 saturated carbocycles. The van der Waals surface area contributed by atoms with Gasteiger partial charge in [0.05, 0.1) is 16.8 Å². The van der Waals surface area contributed by atoms with E-state index in [0.29, 0.717) is 34.4 Å². The molecule has 0 saturated heterocycles. The van der Waals surface area contributed by atoms with E-state index >= 15 is 0 Å². The van der Waals surface area contributed by atoms with Gasteiger partial charge in [0.2, 0.25) is 0 Å². The Balaban J connectivity index is 2.63. The molecule has 0 amide bonds. The van der Waals surface area contributed by atoms with Gasteiger partial charge in [0.15, 0.2) is 5.75 Å². The van der Waals surface area contributed by atoms with Gasteiger partial charge in [0.1, 0.15) is 5.82 Å². The summed E-state index contributed by atoms with van der Waals surface area (Å²) in [5, 5.41) is 0. The summed E-state index contributed by atoms with van der Waals surface area (Å²) in [6, 6.07) is 2.63. The van der Waals surface area contributed by atoms with Gasteiger partial charge in [-0.05, 0) is 40.3 Å². The monoisotopic (exact) mass is 303 g/mol. The lowest BCUT2D eigenvalue weighted by Gasteiger charge is -2.17. The molecule has 0 aromatic heterocycles. The third-order valence-corrected chi connectivity index (χ3v) is 3.01. The highest BCUT2D eigenvalue weighted by molar-refractivity contribution is 9.10. The minimum absolute atomic E-state index is 0.327. The topological polar surface area (TPSA) is 35.2 Å². The average Bonchev–Trinajstić information content (AvgIpc) is 2.14. The number of halogens is 2. The van der Waals surface area contributed by atoms with Gasteiger partial charge in [-0.25, -0.2) is 4.39 Å². The molecule has 1 aromatic rings. The fourth-order valence-electron chi connectivity index (χ4n) is 1.83. The number of hydrogen-bond donors (Lipinski definition) is 1. The van der Waals surface area contributed by atoms with Crippen LogP contribution in [-0.2, 0) is 0 Å². The summed E-state index contributed by atoms with van der Waals surface area (Å²) in [4.78, 5) is 0. The summed E-state index contributed by atoms with van der Waals surface area (Å²) >= 11 is 3.25. The zero-order chi connectivity index (χ0) is 13.0. The Labute approximate surface area is 110 Å². The average molecular weight is 304 g/mol. The van der Waals surface area contributed by atoms with Crippen molar-refractivity contribution in [3.63, 3.8) is 0 Å². The highest BCUT2D eigenvalue weighted by Gasteiger charge is 2.11. The largest absolute Gasteiger partial charge is 0.490 e. The van der Waals surface area contributed by atoms with Crippen molar-refractivity contribution in [2.45, 2.75) is 27.2 Å². The lowest BCUT2D eigenvalue weighted by Crippen LogP contribution is -2.12. The molecule has 0 spiro atoms. The first-order chi connectivity index (χ1) is 7.90. The summed E-state index contributed by atoms with van der Waals surface area (Å²) in [5.74, 6) is 1.26. The summed E-state index contributed by atoms with van der Waals surface area (Å²) in [7, 11) is 0. The maximum atomic E-state index is 13.0. The van der Waals surface area contributed by atoms with Crippen molar-refractivity contribution in [3.05, 3.63) is 22.4 Å². The summed E-state index contributed by atoms with van der Waals surface area (Å²) in [6.07, 6.45) is 1.10. The number of nitrogen functional groups attached to an aromatic ring is 1. The van der Waals surface area contributed by atoms with Crippen LogP contribution in [0.25, 0.3) is 0 Å². The summed E-state index contributed by atoms with van der Waals surface area (Å²) in [5.41, 5.74) is 6.04. The zero-order valence-electron chi connectivity index (χ0n) is 10.5. The molecule has 1 atom stereocenters. The first-order valence-electron chi connectivity index (χ1n) is 5.77. The minimum Gasteiger partial charge on any atom is -0.490 e. The van der Waals surface area contributed by atoms with Gasteiger partial charge in [0, 0.05) is 6.07 Å². The molecule has 0 fully saturated rings. The molecule has 4 heteroatoms. The number of nitrogens with two attached hydrogens (primary N) is 1. The second-order valence-electron chi connectivity index (χ2n) is 4.85. The Morgan fingerprint density at radius 1 is 1.35 bits per heavy atom. The van der Waals surface area contributed by atoms with Gasteiger partial charge in [-0.2, -0.15) is 0 Å². The minimum atomic E-state index is -0.364. The third-order valence-electron chi connectivity index (χ3n) is 2.42. The van der Waals surface area contributed by atoms with Crippen LogP contribution in [0.2, 0.25) is 0 Å². The van der Waals surface area contributed by atoms with Crippen LogP contribution >= 0.6 is 15.9 Å². The maximum Gasteiger partial charge on any atom is 0.156 e. The molecule has 0 aliphatic carbocycles. The predicted octanol–water partition coefficient (Wildman–Crippen LogP) is 4.23. The van der Waals surface area contributed by atoms with Crippen LogP contribution in [0.1, 0.15) is 27.2 Å². The number of ether oxygens (including phenoxy) is 1. The van der Waals surface area contributed by atoms with Gasteiger partial charge in [-0.1, -0.05) is 20.8 Å². The van der Waals surface area contributed by atoms with Crippen molar-refractivity contribution in [1.82, 2.24) is 0 Å². The Morgan fingerprint density at radius 2 is 2.00 bits per heavy atom. The van der Waals surface area contributed by atoms with E-state index in [-0.39, 0.29) is 5.82 Å². The van der Waals surface area contributed by atoms with E-state index in [1.807, 2.05) is 0 Å². The first kappa shape index (κ1) is 14.3. The van der Waals surface area contributed by atoms with Gasteiger partial charge >= 0.3 is 0 Å². The fraction of sp³-hybridized carbons (Fsp3) is 0.538. The van der Waals surface area contributed by atoms with Crippen molar-refractivity contribution in [1.29, 1.82) is 0 Å². The lowest BCUT2D eigenvalue weighted by atomic mass is 10.00. The molecule has 0 aliphatic rings. The summed E-state index contributed by atoms with van der Waals surface area (Å²) < 4.78 is 19.2. The van der Waals surface area contributed by atoms with E-state index in [9.17, 15) is 4.39 Å². The van der Waals surface area contributed by atoms with Crippen LogP contribution in [0.4, 0.5) is 10.1 Å². The second-order valence-corrected chi connectivity index (χ2v) is 5.71. The summed E-state index contributed by atoms with van der Waals surface area (Å²) in [6.45, 7) is 7.08. The Hall–Kier alpha value is -0.770. The maximum absolute atomic E-state index is 13.0. The van der Waals surface area contributed by atoms with Gasteiger partial charge in [-0.3, -0.25) is 0 Å². The molecule has 2 nitrogen and oxygen atoms in total. The predicted molar refractivity (Wildman–Crippen MR) is 72.6 cm³/mol. The van der Waals surface area contributed by atoms with Crippen LogP contribution in [0.15, 0.2) is 16.6 Å². The quantitative estimate of drug-likeness (QED) is 0.826. The number of anilines is 1. The van der Waals surface area contributed by atoms with Crippen LogP contribution in [0, 0.1) is 17.7 Å².